The zero-order chi connectivity index (χ0) is 18.4. The Hall–Kier alpha value is -2.15. The molecule has 0 radical (unpaired) electrons. The van der Waals surface area contributed by atoms with E-state index in [1.165, 1.54) is 12.1 Å². The SMILES string of the molecule is C[NH+](CC(=O)Nc1ccc(Cl)cc1)CC(=O)Nc1ccc(F)cc1Cl. The second kappa shape index (κ2) is 8.80. The number of likely N-dealkylation sites (N-methyl/N-ethyl adjacent to an activating group) is 1. The maximum absolute atomic E-state index is 13.0. The molecule has 1 unspecified atom stereocenters. The van der Waals surface area contributed by atoms with Crippen LogP contribution in [0.25, 0.3) is 0 Å². The van der Waals surface area contributed by atoms with Gasteiger partial charge in [0.15, 0.2) is 13.1 Å². The Morgan fingerprint density at radius 1 is 1.00 bits per heavy atom. The van der Waals surface area contributed by atoms with Crippen LogP contribution in [-0.4, -0.2) is 32.0 Å². The number of hydrogen-bond acceptors (Lipinski definition) is 2. The van der Waals surface area contributed by atoms with Gasteiger partial charge in [-0.05, 0) is 42.5 Å². The predicted octanol–water partition coefficient (Wildman–Crippen LogP) is 2.22. The third-order valence-electron chi connectivity index (χ3n) is 3.26. The maximum Gasteiger partial charge on any atom is 0.279 e. The van der Waals surface area contributed by atoms with Crippen molar-refractivity contribution in [2.24, 2.45) is 0 Å². The Kier molecular flexibility index (Phi) is 6.75. The summed E-state index contributed by atoms with van der Waals surface area (Å²) in [6.07, 6.45) is 0. The van der Waals surface area contributed by atoms with E-state index in [9.17, 15) is 14.0 Å². The van der Waals surface area contributed by atoms with Crippen LogP contribution in [0.4, 0.5) is 15.8 Å². The maximum atomic E-state index is 13.0. The third-order valence-corrected chi connectivity index (χ3v) is 3.82. The molecule has 8 heteroatoms. The van der Waals surface area contributed by atoms with Crippen molar-refractivity contribution in [3.8, 4) is 0 Å². The van der Waals surface area contributed by atoms with Crippen LogP contribution < -0.4 is 15.5 Å². The molecule has 0 saturated carbocycles. The third kappa shape index (κ3) is 6.34. The molecule has 2 amide bonds. The number of nitrogens with one attached hydrogen (secondary N) is 3. The zero-order valence-electron chi connectivity index (χ0n) is 13.4. The first-order chi connectivity index (χ1) is 11.8. The van der Waals surface area contributed by atoms with Gasteiger partial charge in [0.05, 0.1) is 17.8 Å². The lowest BCUT2D eigenvalue weighted by molar-refractivity contribution is -0.862. The van der Waals surface area contributed by atoms with Gasteiger partial charge in [0.1, 0.15) is 5.82 Å². The smallest absolute Gasteiger partial charge is 0.279 e. The van der Waals surface area contributed by atoms with Crippen LogP contribution in [0.15, 0.2) is 42.5 Å². The van der Waals surface area contributed by atoms with Crippen LogP contribution >= 0.6 is 23.2 Å². The van der Waals surface area contributed by atoms with Gasteiger partial charge in [0.2, 0.25) is 0 Å². The van der Waals surface area contributed by atoms with Crippen molar-refractivity contribution in [1.82, 2.24) is 0 Å². The summed E-state index contributed by atoms with van der Waals surface area (Å²) in [6, 6.07) is 10.4. The molecule has 5 nitrogen and oxygen atoms in total. The van der Waals surface area contributed by atoms with E-state index in [0.717, 1.165) is 6.07 Å². The van der Waals surface area contributed by atoms with Gasteiger partial charge in [0.25, 0.3) is 11.8 Å². The fourth-order valence-corrected chi connectivity index (χ4v) is 2.47. The van der Waals surface area contributed by atoms with E-state index in [2.05, 4.69) is 10.6 Å². The van der Waals surface area contributed by atoms with Crippen LogP contribution in [0.5, 0.6) is 0 Å². The second-order valence-electron chi connectivity index (χ2n) is 5.54. The lowest BCUT2D eigenvalue weighted by atomic mass is 10.3. The standard InChI is InChI=1S/C17H16Cl2FN3O2/c1-23(9-16(24)21-13-5-2-11(18)3-6-13)10-17(25)22-15-7-4-12(20)8-14(15)19/h2-8H,9-10H2,1H3,(H,21,24)(H,22,25)/p+1. The Morgan fingerprint density at radius 3 is 2.20 bits per heavy atom. The number of hydrogen-bond donors (Lipinski definition) is 3. The summed E-state index contributed by atoms with van der Waals surface area (Å²) in [5.74, 6) is -1.04. The van der Waals surface area contributed by atoms with Crippen molar-refractivity contribution in [3.63, 3.8) is 0 Å². The number of halogens is 3. The number of quaternary nitrogens is 1. The molecule has 132 valence electrons. The highest BCUT2D eigenvalue weighted by atomic mass is 35.5. The molecule has 2 aromatic carbocycles. The minimum atomic E-state index is -0.482. The second-order valence-corrected chi connectivity index (χ2v) is 6.38. The van der Waals surface area contributed by atoms with Crippen LogP contribution in [0.1, 0.15) is 0 Å². The highest BCUT2D eigenvalue weighted by Gasteiger charge is 2.15. The fourth-order valence-electron chi connectivity index (χ4n) is 2.13. The molecule has 0 aliphatic heterocycles. The first kappa shape index (κ1) is 19.2. The van der Waals surface area contributed by atoms with Gasteiger partial charge in [-0.25, -0.2) is 4.39 Å². The van der Waals surface area contributed by atoms with Crippen LogP contribution in [0.2, 0.25) is 10.0 Å². The van der Waals surface area contributed by atoms with Gasteiger partial charge in [-0.15, -0.1) is 0 Å². The van der Waals surface area contributed by atoms with E-state index >= 15 is 0 Å². The van der Waals surface area contributed by atoms with Gasteiger partial charge in [0, 0.05) is 10.7 Å². The van der Waals surface area contributed by atoms with Crippen molar-refractivity contribution in [1.29, 1.82) is 0 Å². The van der Waals surface area contributed by atoms with Gasteiger partial charge in [-0.1, -0.05) is 23.2 Å². The van der Waals surface area contributed by atoms with Crippen LogP contribution in [0, 0.1) is 5.82 Å². The van der Waals surface area contributed by atoms with Crippen molar-refractivity contribution >= 4 is 46.4 Å². The molecule has 0 fully saturated rings. The number of carbonyl (C=O) groups is 2. The monoisotopic (exact) mass is 384 g/mol. The number of rotatable bonds is 6. The minimum absolute atomic E-state index is 0.0573. The molecule has 0 aromatic heterocycles. The number of anilines is 2. The lowest BCUT2D eigenvalue weighted by Gasteiger charge is -2.14. The number of benzene rings is 2. The highest BCUT2D eigenvalue weighted by molar-refractivity contribution is 6.33. The topological polar surface area (TPSA) is 62.6 Å². The van der Waals surface area contributed by atoms with Crippen molar-refractivity contribution in [2.45, 2.75) is 0 Å². The summed E-state index contributed by atoms with van der Waals surface area (Å²) in [5.41, 5.74) is 0.955. The molecule has 2 aromatic rings. The minimum Gasteiger partial charge on any atom is -0.322 e. The van der Waals surface area contributed by atoms with E-state index in [1.807, 2.05) is 0 Å². The summed E-state index contributed by atoms with van der Waals surface area (Å²) in [7, 11) is 1.72. The molecule has 0 saturated heterocycles. The van der Waals surface area contributed by atoms with Gasteiger partial charge >= 0.3 is 0 Å². The molecule has 1 atom stereocenters. The highest BCUT2D eigenvalue weighted by Crippen LogP contribution is 2.22. The Labute approximate surface area is 154 Å². The van der Waals surface area contributed by atoms with Crippen molar-refractivity contribution in [2.75, 3.05) is 30.8 Å². The molecular weight excluding hydrogens is 368 g/mol. The molecule has 0 bridgehead atoms. The first-order valence-electron chi connectivity index (χ1n) is 7.45. The molecule has 0 spiro atoms. The molecule has 0 aliphatic rings. The van der Waals surface area contributed by atoms with Gasteiger partial charge in [-0.2, -0.15) is 0 Å². The predicted molar refractivity (Wildman–Crippen MR) is 96.7 cm³/mol. The van der Waals surface area contributed by atoms with Crippen LogP contribution in [0.3, 0.4) is 0 Å². The van der Waals surface area contributed by atoms with Crippen molar-refractivity contribution < 1.29 is 18.9 Å². The van der Waals surface area contributed by atoms with E-state index in [1.54, 1.807) is 31.3 Å². The van der Waals surface area contributed by atoms with E-state index in [-0.39, 0.29) is 29.9 Å². The summed E-state index contributed by atoms with van der Waals surface area (Å²) >= 11 is 11.6. The summed E-state index contributed by atoms with van der Waals surface area (Å²) in [6.45, 7) is 0.162. The number of amides is 2. The van der Waals surface area contributed by atoms with E-state index in [0.29, 0.717) is 21.3 Å². The summed E-state index contributed by atoms with van der Waals surface area (Å²) < 4.78 is 13.0. The zero-order valence-corrected chi connectivity index (χ0v) is 14.9. The average molecular weight is 385 g/mol. The van der Waals surface area contributed by atoms with E-state index in [4.69, 9.17) is 23.2 Å². The molecular formula is C17H17Cl2FN3O2+. The Balaban J connectivity index is 1.82. The normalized spacial score (nSPS) is 11.7. The molecule has 2 rings (SSSR count). The van der Waals surface area contributed by atoms with Crippen molar-refractivity contribution in [3.05, 3.63) is 58.3 Å². The fraction of sp³-hybridized carbons (Fsp3) is 0.176. The Bertz CT molecular complexity index is 769. The average Bonchev–Trinajstić information content (AvgIpc) is 2.52. The largest absolute Gasteiger partial charge is 0.322 e. The molecule has 0 heterocycles. The Morgan fingerprint density at radius 2 is 1.60 bits per heavy atom. The van der Waals surface area contributed by atoms with Crippen LogP contribution in [-0.2, 0) is 9.59 Å². The lowest BCUT2D eigenvalue weighted by Crippen LogP contribution is -3.11. The number of carbonyl (C=O) groups excluding carboxylic acids is 2. The summed E-state index contributed by atoms with van der Waals surface area (Å²) in [4.78, 5) is 24.7. The van der Waals surface area contributed by atoms with Gasteiger partial charge in [-0.3, -0.25) is 9.59 Å². The quantitative estimate of drug-likeness (QED) is 0.714. The van der Waals surface area contributed by atoms with E-state index < -0.39 is 5.82 Å². The molecule has 3 N–H and O–H groups in total. The molecule has 25 heavy (non-hydrogen) atoms. The van der Waals surface area contributed by atoms with Gasteiger partial charge < -0.3 is 15.5 Å². The molecule has 0 aliphatic carbocycles. The summed E-state index contributed by atoms with van der Waals surface area (Å²) in [5, 5.41) is 6.02. The first-order valence-corrected chi connectivity index (χ1v) is 8.20.